The number of fused-ring (bicyclic) bond motifs is 1. The SMILES string of the molecule is C=CC(=O)N1CCC(Oc2cc3c(NC(C(N)=O)c4cccc(Cl)c4)ncnc3cc2OC)CC1. The van der Waals surface area contributed by atoms with Crippen LogP contribution < -0.4 is 20.5 Å². The van der Waals surface area contributed by atoms with Crippen molar-refractivity contribution in [1.29, 1.82) is 0 Å². The second-order valence-corrected chi connectivity index (χ2v) is 8.56. The number of carbonyl (C=O) groups excluding carboxylic acids is 2. The summed E-state index contributed by atoms with van der Waals surface area (Å²) in [7, 11) is 1.56. The Morgan fingerprint density at radius 2 is 2.00 bits per heavy atom. The summed E-state index contributed by atoms with van der Waals surface area (Å²) < 4.78 is 11.8. The molecule has 2 heterocycles. The number of methoxy groups -OCH3 is 1. The van der Waals surface area contributed by atoms with Crippen LogP contribution in [0.4, 0.5) is 5.82 Å². The second kappa shape index (κ2) is 10.6. The van der Waals surface area contributed by atoms with Gasteiger partial charge in [0, 0.05) is 42.4 Å². The second-order valence-electron chi connectivity index (χ2n) is 8.12. The van der Waals surface area contributed by atoms with Crippen LogP contribution in [-0.2, 0) is 9.59 Å². The fourth-order valence-electron chi connectivity index (χ4n) is 4.07. The number of primary amides is 1. The van der Waals surface area contributed by atoms with Gasteiger partial charge < -0.3 is 25.4 Å². The molecule has 2 amide bonds. The van der Waals surface area contributed by atoms with Crippen molar-refractivity contribution in [2.45, 2.75) is 25.0 Å². The van der Waals surface area contributed by atoms with Gasteiger partial charge in [-0.15, -0.1) is 0 Å². The van der Waals surface area contributed by atoms with Gasteiger partial charge in [-0.3, -0.25) is 9.59 Å². The number of anilines is 1. The molecule has 10 heteroatoms. The van der Waals surface area contributed by atoms with Gasteiger partial charge in [0.1, 0.15) is 24.3 Å². The van der Waals surface area contributed by atoms with E-state index >= 15 is 0 Å². The normalized spacial score (nSPS) is 14.9. The van der Waals surface area contributed by atoms with Crippen molar-refractivity contribution in [3.63, 3.8) is 0 Å². The number of rotatable bonds is 8. The maximum atomic E-state index is 12.3. The first-order valence-electron chi connectivity index (χ1n) is 11.1. The molecule has 9 nitrogen and oxygen atoms in total. The van der Waals surface area contributed by atoms with E-state index in [2.05, 4.69) is 21.9 Å². The van der Waals surface area contributed by atoms with E-state index in [4.69, 9.17) is 26.8 Å². The van der Waals surface area contributed by atoms with Crippen molar-refractivity contribution in [3.8, 4) is 11.5 Å². The number of nitrogens with zero attached hydrogens (tertiary/aromatic N) is 3. The third kappa shape index (κ3) is 5.46. The zero-order chi connectivity index (χ0) is 24.9. The molecule has 0 bridgehead atoms. The quantitative estimate of drug-likeness (QED) is 0.459. The Morgan fingerprint density at radius 3 is 2.66 bits per heavy atom. The van der Waals surface area contributed by atoms with E-state index in [0.29, 0.717) is 64.7 Å². The molecular formula is C25H26ClN5O4. The maximum absolute atomic E-state index is 12.3. The Morgan fingerprint density at radius 1 is 1.23 bits per heavy atom. The number of amides is 2. The Balaban J connectivity index is 1.63. The number of ether oxygens (including phenoxy) is 2. The Labute approximate surface area is 207 Å². The van der Waals surface area contributed by atoms with E-state index < -0.39 is 11.9 Å². The molecule has 1 unspecified atom stereocenters. The molecule has 35 heavy (non-hydrogen) atoms. The van der Waals surface area contributed by atoms with E-state index in [9.17, 15) is 9.59 Å². The third-order valence-electron chi connectivity index (χ3n) is 5.89. The molecule has 0 aliphatic carbocycles. The largest absolute Gasteiger partial charge is 0.493 e. The lowest BCUT2D eigenvalue weighted by atomic mass is 10.1. The van der Waals surface area contributed by atoms with Gasteiger partial charge in [-0.25, -0.2) is 9.97 Å². The highest BCUT2D eigenvalue weighted by atomic mass is 35.5. The number of carbonyl (C=O) groups is 2. The first-order chi connectivity index (χ1) is 16.9. The van der Waals surface area contributed by atoms with Gasteiger partial charge >= 0.3 is 0 Å². The molecule has 1 aliphatic heterocycles. The zero-order valence-electron chi connectivity index (χ0n) is 19.2. The summed E-state index contributed by atoms with van der Waals surface area (Å²) in [5, 5.41) is 4.25. The minimum absolute atomic E-state index is 0.0803. The summed E-state index contributed by atoms with van der Waals surface area (Å²) in [5.74, 6) is 0.795. The number of likely N-dealkylation sites (tertiary alicyclic amines) is 1. The van der Waals surface area contributed by atoms with Gasteiger partial charge in [0.2, 0.25) is 11.8 Å². The lowest BCUT2D eigenvalue weighted by Crippen LogP contribution is -2.41. The van der Waals surface area contributed by atoms with E-state index in [1.807, 2.05) is 0 Å². The number of nitrogens with two attached hydrogens (primary N) is 1. The Hall–Kier alpha value is -3.85. The monoisotopic (exact) mass is 495 g/mol. The van der Waals surface area contributed by atoms with Crippen molar-refractivity contribution >= 4 is 40.1 Å². The molecule has 0 saturated carbocycles. The number of hydrogen-bond donors (Lipinski definition) is 2. The first kappa shape index (κ1) is 24.3. The van der Waals surface area contributed by atoms with Crippen molar-refractivity contribution in [2.75, 3.05) is 25.5 Å². The van der Waals surface area contributed by atoms with Crippen LogP contribution in [0.5, 0.6) is 11.5 Å². The molecule has 0 spiro atoms. The molecular weight excluding hydrogens is 470 g/mol. The summed E-state index contributed by atoms with van der Waals surface area (Å²) in [6.45, 7) is 4.71. The molecule has 1 aromatic heterocycles. The van der Waals surface area contributed by atoms with E-state index in [-0.39, 0.29) is 12.0 Å². The fraction of sp³-hybridized carbons (Fsp3) is 0.280. The van der Waals surface area contributed by atoms with Crippen molar-refractivity contribution in [3.05, 3.63) is 66.0 Å². The lowest BCUT2D eigenvalue weighted by Gasteiger charge is -2.31. The summed E-state index contributed by atoms with van der Waals surface area (Å²) in [6, 6.07) is 9.59. The fourth-order valence-corrected chi connectivity index (χ4v) is 4.27. The molecule has 0 radical (unpaired) electrons. The summed E-state index contributed by atoms with van der Waals surface area (Å²) in [6.07, 6.45) is 3.98. The van der Waals surface area contributed by atoms with E-state index in [1.54, 1.807) is 48.4 Å². The van der Waals surface area contributed by atoms with Gasteiger partial charge in [0.25, 0.3) is 0 Å². The highest BCUT2D eigenvalue weighted by Gasteiger charge is 2.25. The highest BCUT2D eigenvalue weighted by Crippen LogP contribution is 2.36. The van der Waals surface area contributed by atoms with Crippen molar-refractivity contribution in [2.24, 2.45) is 5.73 Å². The van der Waals surface area contributed by atoms with Gasteiger partial charge in [0.15, 0.2) is 11.5 Å². The van der Waals surface area contributed by atoms with Crippen LogP contribution in [0, 0.1) is 0 Å². The smallest absolute Gasteiger partial charge is 0.245 e. The third-order valence-corrected chi connectivity index (χ3v) is 6.13. The average molecular weight is 496 g/mol. The number of halogens is 1. The number of benzene rings is 2. The van der Waals surface area contributed by atoms with Gasteiger partial charge in [0.05, 0.1) is 12.6 Å². The highest BCUT2D eigenvalue weighted by molar-refractivity contribution is 6.30. The van der Waals surface area contributed by atoms with Gasteiger partial charge in [-0.05, 0) is 29.8 Å². The number of nitrogens with one attached hydrogen (secondary N) is 1. The predicted molar refractivity (Wildman–Crippen MR) is 134 cm³/mol. The zero-order valence-corrected chi connectivity index (χ0v) is 20.0. The lowest BCUT2D eigenvalue weighted by molar-refractivity contribution is -0.127. The van der Waals surface area contributed by atoms with Crippen LogP contribution in [0.2, 0.25) is 5.02 Å². The standard InChI is InChI=1S/C25H26ClN5O4/c1-3-22(32)31-9-7-17(8-10-31)35-21-12-18-19(13-20(21)34-2)28-14-29-25(18)30-23(24(27)33)15-5-4-6-16(26)11-15/h3-6,11-14,17,23H,1,7-10H2,2H3,(H2,27,33)(H,28,29,30). The molecule has 1 atom stereocenters. The minimum Gasteiger partial charge on any atom is -0.493 e. The predicted octanol–water partition coefficient (Wildman–Crippen LogP) is 3.49. The molecule has 182 valence electrons. The molecule has 1 aliphatic rings. The van der Waals surface area contributed by atoms with Crippen molar-refractivity contribution in [1.82, 2.24) is 14.9 Å². The van der Waals surface area contributed by atoms with Gasteiger partial charge in [-0.2, -0.15) is 0 Å². The number of piperidine rings is 1. The van der Waals surface area contributed by atoms with E-state index in [0.717, 1.165) is 0 Å². The molecule has 1 saturated heterocycles. The number of aromatic nitrogens is 2. The average Bonchev–Trinajstić information content (AvgIpc) is 2.86. The molecule has 3 N–H and O–H groups in total. The van der Waals surface area contributed by atoms with E-state index in [1.165, 1.54) is 12.4 Å². The van der Waals surface area contributed by atoms with Crippen LogP contribution in [0.3, 0.4) is 0 Å². The Kier molecular flexibility index (Phi) is 7.36. The van der Waals surface area contributed by atoms with Crippen LogP contribution in [0.25, 0.3) is 10.9 Å². The van der Waals surface area contributed by atoms with Crippen LogP contribution in [0.1, 0.15) is 24.4 Å². The summed E-state index contributed by atoms with van der Waals surface area (Å²) in [5.41, 5.74) is 6.90. The molecule has 2 aromatic carbocycles. The summed E-state index contributed by atoms with van der Waals surface area (Å²) >= 11 is 6.11. The molecule has 4 rings (SSSR count). The van der Waals surface area contributed by atoms with Crippen LogP contribution in [0.15, 0.2) is 55.4 Å². The van der Waals surface area contributed by atoms with Crippen LogP contribution >= 0.6 is 11.6 Å². The minimum atomic E-state index is -0.856. The first-order valence-corrected chi connectivity index (χ1v) is 11.5. The van der Waals surface area contributed by atoms with Crippen molar-refractivity contribution < 1.29 is 19.1 Å². The Bertz CT molecular complexity index is 1260. The van der Waals surface area contributed by atoms with Crippen LogP contribution in [-0.4, -0.2) is 53.0 Å². The molecule has 3 aromatic rings. The molecule has 1 fully saturated rings. The maximum Gasteiger partial charge on any atom is 0.245 e. The summed E-state index contributed by atoms with van der Waals surface area (Å²) in [4.78, 5) is 34.6. The topological polar surface area (TPSA) is 120 Å². The number of hydrogen-bond acceptors (Lipinski definition) is 7. The van der Waals surface area contributed by atoms with Gasteiger partial charge in [-0.1, -0.05) is 30.3 Å².